The van der Waals surface area contributed by atoms with Gasteiger partial charge < -0.3 is 14.6 Å². The van der Waals surface area contributed by atoms with Crippen molar-refractivity contribution in [2.45, 2.75) is 43.4 Å². The highest BCUT2D eigenvalue weighted by Gasteiger charge is 2.25. The Morgan fingerprint density at radius 2 is 2.24 bits per heavy atom. The van der Waals surface area contributed by atoms with Crippen molar-refractivity contribution in [1.29, 1.82) is 0 Å². The fourth-order valence-electron chi connectivity index (χ4n) is 2.44. The molecule has 0 amide bonds. The number of hydrogen-bond acceptors (Lipinski definition) is 5. The maximum Gasteiger partial charge on any atom is 0.240 e. The molecule has 2 atom stereocenters. The Morgan fingerprint density at radius 1 is 1.48 bits per heavy atom. The molecule has 21 heavy (non-hydrogen) atoms. The summed E-state index contributed by atoms with van der Waals surface area (Å²) >= 11 is 0. The summed E-state index contributed by atoms with van der Waals surface area (Å²) in [6.45, 7) is 2.21. The number of ether oxygens (including phenoxy) is 2. The maximum atomic E-state index is 12.4. The molecule has 1 aromatic carbocycles. The molecule has 0 aromatic heterocycles. The fourth-order valence-corrected chi connectivity index (χ4v) is 3.77. The summed E-state index contributed by atoms with van der Waals surface area (Å²) in [5, 5.41) is 9.28. The highest BCUT2D eigenvalue weighted by Crippen LogP contribution is 2.23. The minimum atomic E-state index is -3.61. The summed E-state index contributed by atoms with van der Waals surface area (Å²) in [4.78, 5) is 0.131. The normalized spacial score (nSPS) is 23.0. The number of aliphatic hydroxyl groups is 1. The van der Waals surface area contributed by atoms with Gasteiger partial charge in [0.1, 0.15) is 5.75 Å². The predicted octanol–water partition coefficient (Wildman–Crippen LogP) is 1.03. The van der Waals surface area contributed by atoms with Crippen LogP contribution in [0.1, 0.15) is 25.3 Å². The monoisotopic (exact) mass is 315 g/mol. The average molecular weight is 315 g/mol. The van der Waals surface area contributed by atoms with Crippen molar-refractivity contribution in [3.8, 4) is 5.75 Å². The van der Waals surface area contributed by atoms with Gasteiger partial charge in [-0.3, -0.25) is 0 Å². The zero-order valence-electron chi connectivity index (χ0n) is 12.2. The third-order valence-corrected chi connectivity index (χ3v) is 5.06. The average Bonchev–Trinajstić information content (AvgIpc) is 2.46. The summed E-state index contributed by atoms with van der Waals surface area (Å²) < 4.78 is 38.0. The van der Waals surface area contributed by atoms with E-state index in [1.807, 2.05) is 6.92 Å². The molecule has 118 valence electrons. The molecule has 2 N–H and O–H groups in total. The molecule has 0 radical (unpaired) electrons. The van der Waals surface area contributed by atoms with Gasteiger partial charge in [0.2, 0.25) is 10.0 Å². The van der Waals surface area contributed by atoms with E-state index in [-0.39, 0.29) is 23.6 Å². The molecular formula is C14H21NO5S. The second-order valence-corrected chi connectivity index (χ2v) is 6.87. The van der Waals surface area contributed by atoms with Gasteiger partial charge in [0.05, 0.1) is 24.7 Å². The van der Waals surface area contributed by atoms with Gasteiger partial charge in [-0.2, -0.15) is 0 Å². The van der Waals surface area contributed by atoms with E-state index in [0.717, 1.165) is 0 Å². The molecule has 2 unspecified atom stereocenters. The van der Waals surface area contributed by atoms with Crippen molar-refractivity contribution in [3.63, 3.8) is 0 Å². The van der Waals surface area contributed by atoms with Crippen LogP contribution in [0.4, 0.5) is 0 Å². The Morgan fingerprint density at radius 3 is 2.86 bits per heavy atom. The largest absolute Gasteiger partial charge is 0.496 e. The van der Waals surface area contributed by atoms with Gasteiger partial charge in [0, 0.05) is 18.2 Å². The van der Waals surface area contributed by atoms with E-state index in [9.17, 15) is 13.5 Å². The topological polar surface area (TPSA) is 84.9 Å². The molecule has 1 heterocycles. The number of nitrogens with one attached hydrogen (secondary N) is 1. The number of aliphatic hydroxyl groups excluding tert-OH is 1. The van der Waals surface area contributed by atoms with Gasteiger partial charge >= 0.3 is 0 Å². The quantitative estimate of drug-likeness (QED) is 0.848. The van der Waals surface area contributed by atoms with Crippen LogP contribution < -0.4 is 9.46 Å². The summed E-state index contributed by atoms with van der Waals surface area (Å²) in [5.41, 5.74) is 0.445. The van der Waals surface area contributed by atoms with Crippen molar-refractivity contribution < 1.29 is 23.0 Å². The van der Waals surface area contributed by atoms with Crippen LogP contribution in [0.5, 0.6) is 5.75 Å². The van der Waals surface area contributed by atoms with Crippen LogP contribution in [-0.4, -0.2) is 39.4 Å². The predicted molar refractivity (Wildman–Crippen MR) is 77.7 cm³/mol. The highest BCUT2D eigenvalue weighted by molar-refractivity contribution is 7.89. The molecule has 2 rings (SSSR count). The van der Waals surface area contributed by atoms with Crippen molar-refractivity contribution in [1.82, 2.24) is 4.72 Å². The van der Waals surface area contributed by atoms with Gasteiger partial charge in [0.25, 0.3) is 0 Å². The molecule has 0 saturated carbocycles. The van der Waals surface area contributed by atoms with Gasteiger partial charge in [-0.25, -0.2) is 13.1 Å². The van der Waals surface area contributed by atoms with E-state index < -0.39 is 10.0 Å². The van der Waals surface area contributed by atoms with E-state index in [1.165, 1.54) is 19.2 Å². The Hall–Kier alpha value is -1.15. The third-order valence-electron chi connectivity index (χ3n) is 3.54. The van der Waals surface area contributed by atoms with Crippen molar-refractivity contribution in [2.75, 3.05) is 13.7 Å². The lowest BCUT2D eigenvalue weighted by molar-refractivity contribution is 0.0173. The lowest BCUT2D eigenvalue weighted by Crippen LogP contribution is -2.41. The minimum absolute atomic E-state index is 0.0512. The van der Waals surface area contributed by atoms with Crippen LogP contribution in [0, 0.1) is 0 Å². The molecule has 0 bridgehead atoms. The molecule has 7 heteroatoms. The molecule has 1 saturated heterocycles. The Bertz CT molecular complexity index is 587. The van der Waals surface area contributed by atoms with E-state index >= 15 is 0 Å². The van der Waals surface area contributed by atoms with Gasteiger partial charge in [-0.1, -0.05) is 0 Å². The van der Waals surface area contributed by atoms with Crippen LogP contribution in [0.2, 0.25) is 0 Å². The van der Waals surface area contributed by atoms with Crippen LogP contribution in [0.15, 0.2) is 23.1 Å². The Kier molecular flexibility index (Phi) is 5.21. The molecule has 6 nitrogen and oxygen atoms in total. The Labute approximate surface area is 125 Å². The van der Waals surface area contributed by atoms with Crippen LogP contribution >= 0.6 is 0 Å². The van der Waals surface area contributed by atoms with Gasteiger partial charge in [-0.05, 0) is 38.0 Å². The third kappa shape index (κ3) is 3.94. The summed E-state index contributed by atoms with van der Waals surface area (Å²) in [7, 11) is -2.14. The Balaban J connectivity index is 2.19. The zero-order valence-corrected chi connectivity index (χ0v) is 13.0. The van der Waals surface area contributed by atoms with E-state index in [2.05, 4.69) is 4.72 Å². The molecule has 1 aliphatic heterocycles. The SMILES string of the molecule is COc1ccc(S(=O)(=O)NC2CCOC(C)C2)cc1CO. The number of methoxy groups -OCH3 is 1. The lowest BCUT2D eigenvalue weighted by atomic mass is 10.1. The first-order valence-corrected chi connectivity index (χ1v) is 8.36. The van der Waals surface area contributed by atoms with Crippen molar-refractivity contribution >= 4 is 10.0 Å². The zero-order chi connectivity index (χ0) is 15.5. The van der Waals surface area contributed by atoms with Gasteiger partial charge in [0.15, 0.2) is 0 Å². The maximum absolute atomic E-state index is 12.4. The second-order valence-electron chi connectivity index (χ2n) is 5.16. The standard InChI is InChI=1S/C14H21NO5S/c1-10-7-12(5-6-20-10)15-21(17,18)13-3-4-14(19-2)11(8-13)9-16/h3-4,8,10,12,15-16H,5-7,9H2,1-2H3. The number of sulfonamides is 1. The first-order chi connectivity index (χ1) is 9.96. The van der Waals surface area contributed by atoms with E-state index in [4.69, 9.17) is 9.47 Å². The number of hydrogen-bond donors (Lipinski definition) is 2. The van der Waals surface area contributed by atoms with Crippen LogP contribution in [0.25, 0.3) is 0 Å². The molecule has 1 aromatic rings. The first-order valence-electron chi connectivity index (χ1n) is 6.88. The number of benzene rings is 1. The molecule has 0 spiro atoms. The summed E-state index contributed by atoms with van der Waals surface area (Å²) in [6, 6.07) is 4.33. The van der Waals surface area contributed by atoms with Crippen LogP contribution in [0.3, 0.4) is 0 Å². The van der Waals surface area contributed by atoms with E-state index in [0.29, 0.717) is 30.8 Å². The summed E-state index contributed by atoms with van der Waals surface area (Å²) in [5.74, 6) is 0.469. The molecule has 1 fully saturated rings. The molecular weight excluding hydrogens is 294 g/mol. The van der Waals surface area contributed by atoms with Gasteiger partial charge in [-0.15, -0.1) is 0 Å². The smallest absolute Gasteiger partial charge is 0.240 e. The van der Waals surface area contributed by atoms with Crippen molar-refractivity contribution in [3.05, 3.63) is 23.8 Å². The van der Waals surface area contributed by atoms with E-state index in [1.54, 1.807) is 6.07 Å². The fraction of sp³-hybridized carbons (Fsp3) is 0.571. The molecule has 0 aliphatic carbocycles. The highest BCUT2D eigenvalue weighted by atomic mass is 32.2. The lowest BCUT2D eigenvalue weighted by Gasteiger charge is -2.27. The van der Waals surface area contributed by atoms with Crippen molar-refractivity contribution in [2.24, 2.45) is 0 Å². The van der Waals surface area contributed by atoms with Crippen LogP contribution in [-0.2, 0) is 21.4 Å². The molecule has 1 aliphatic rings. The first kappa shape index (κ1) is 16.2. The minimum Gasteiger partial charge on any atom is -0.496 e. The second kappa shape index (κ2) is 6.74. The number of rotatable bonds is 5. The summed E-state index contributed by atoms with van der Waals surface area (Å²) in [6.07, 6.45) is 1.37.